The molecule has 0 saturated carbocycles. The summed E-state index contributed by atoms with van der Waals surface area (Å²) in [5.74, 6) is -1.00. The molecule has 0 unspecified atom stereocenters. The van der Waals surface area contributed by atoms with Crippen molar-refractivity contribution < 1.29 is 9.90 Å². The number of H-pyrrole nitrogens is 1. The normalized spacial score (nSPS) is 11.1. The standard InChI is InChI=1S/C14H12N2O3S/c1-8-2-4-10(20-8)7-16-12-6-9(13(17)18)3-5-11(12)15-14(16)19/h2-6H,7H2,1H3,(H,15,19)(H,17,18). The molecule has 0 radical (unpaired) electrons. The SMILES string of the molecule is Cc1ccc(Cn2c(=O)[nH]c3ccc(C(=O)O)cc32)s1. The molecule has 2 aromatic heterocycles. The molecule has 0 saturated heterocycles. The Labute approximate surface area is 118 Å². The monoisotopic (exact) mass is 288 g/mol. The third kappa shape index (κ3) is 2.14. The van der Waals surface area contributed by atoms with Crippen molar-refractivity contribution in [3.63, 3.8) is 0 Å². The second-order valence-electron chi connectivity index (χ2n) is 4.57. The number of aromatic nitrogens is 2. The lowest BCUT2D eigenvalue weighted by Crippen LogP contribution is -2.16. The number of aryl methyl sites for hydroxylation is 1. The highest BCUT2D eigenvalue weighted by Crippen LogP contribution is 2.19. The largest absolute Gasteiger partial charge is 0.478 e. The molecule has 0 atom stereocenters. The van der Waals surface area contributed by atoms with E-state index < -0.39 is 5.97 Å². The summed E-state index contributed by atoms with van der Waals surface area (Å²) in [6.07, 6.45) is 0. The van der Waals surface area contributed by atoms with Crippen LogP contribution in [0.3, 0.4) is 0 Å². The molecule has 0 aliphatic heterocycles. The van der Waals surface area contributed by atoms with Crippen molar-refractivity contribution in [2.75, 3.05) is 0 Å². The van der Waals surface area contributed by atoms with Gasteiger partial charge in [-0.05, 0) is 37.3 Å². The van der Waals surface area contributed by atoms with Crippen LogP contribution in [-0.2, 0) is 6.54 Å². The fourth-order valence-electron chi connectivity index (χ4n) is 2.17. The van der Waals surface area contributed by atoms with Crippen LogP contribution in [0.1, 0.15) is 20.1 Å². The van der Waals surface area contributed by atoms with Crippen molar-refractivity contribution in [1.29, 1.82) is 0 Å². The fourth-order valence-corrected chi connectivity index (χ4v) is 3.05. The number of nitrogens with one attached hydrogen (secondary N) is 1. The summed E-state index contributed by atoms with van der Waals surface area (Å²) in [6, 6.07) is 8.61. The van der Waals surface area contributed by atoms with E-state index in [4.69, 9.17) is 5.11 Å². The van der Waals surface area contributed by atoms with Gasteiger partial charge >= 0.3 is 11.7 Å². The molecule has 5 nitrogen and oxygen atoms in total. The maximum atomic E-state index is 12.0. The van der Waals surface area contributed by atoms with Gasteiger partial charge in [0.25, 0.3) is 0 Å². The number of nitrogens with zero attached hydrogens (tertiary/aromatic N) is 1. The van der Waals surface area contributed by atoms with Crippen LogP contribution in [0, 0.1) is 6.92 Å². The third-order valence-corrected chi connectivity index (χ3v) is 4.12. The van der Waals surface area contributed by atoms with E-state index in [9.17, 15) is 9.59 Å². The predicted molar refractivity (Wildman–Crippen MR) is 77.7 cm³/mol. The molecular formula is C14H12N2O3S. The summed E-state index contributed by atoms with van der Waals surface area (Å²) >= 11 is 1.62. The highest BCUT2D eigenvalue weighted by molar-refractivity contribution is 7.11. The molecule has 2 heterocycles. The van der Waals surface area contributed by atoms with E-state index in [1.165, 1.54) is 17.0 Å². The number of carboxylic acids is 1. The van der Waals surface area contributed by atoms with Crippen molar-refractivity contribution in [3.05, 3.63) is 56.1 Å². The van der Waals surface area contributed by atoms with Crippen LogP contribution in [0.25, 0.3) is 11.0 Å². The quantitative estimate of drug-likeness (QED) is 0.777. The highest BCUT2D eigenvalue weighted by Gasteiger charge is 2.11. The van der Waals surface area contributed by atoms with Crippen LogP contribution in [0.2, 0.25) is 0 Å². The molecule has 6 heteroatoms. The second kappa shape index (κ2) is 4.64. The van der Waals surface area contributed by atoms with Gasteiger partial charge in [0.15, 0.2) is 0 Å². The summed E-state index contributed by atoms with van der Waals surface area (Å²) < 4.78 is 1.56. The van der Waals surface area contributed by atoms with Crippen LogP contribution in [0.5, 0.6) is 0 Å². The van der Waals surface area contributed by atoms with Crippen molar-refractivity contribution in [2.24, 2.45) is 0 Å². The number of hydrogen-bond donors (Lipinski definition) is 2. The third-order valence-electron chi connectivity index (χ3n) is 3.13. The number of benzene rings is 1. The van der Waals surface area contributed by atoms with E-state index in [0.29, 0.717) is 17.6 Å². The Balaban J connectivity index is 2.13. The topological polar surface area (TPSA) is 75.1 Å². The Bertz CT molecular complexity index is 857. The summed E-state index contributed by atoms with van der Waals surface area (Å²) in [7, 11) is 0. The van der Waals surface area contributed by atoms with E-state index in [1.807, 2.05) is 19.1 Å². The molecule has 0 bridgehead atoms. The minimum absolute atomic E-state index is 0.174. The lowest BCUT2D eigenvalue weighted by atomic mass is 10.2. The Morgan fingerprint density at radius 3 is 2.80 bits per heavy atom. The zero-order valence-corrected chi connectivity index (χ0v) is 11.5. The first kappa shape index (κ1) is 12.7. The number of hydrogen-bond acceptors (Lipinski definition) is 3. The minimum atomic E-state index is -1.00. The van der Waals surface area contributed by atoms with Gasteiger partial charge in [-0.3, -0.25) is 4.57 Å². The number of aromatic carboxylic acids is 1. The van der Waals surface area contributed by atoms with Gasteiger partial charge in [0.05, 0.1) is 23.1 Å². The average Bonchev–Trinajstić information content (AvgIpc) is 2.94. The van der Waals surface area contributed by atoms with Gasteiger partial charge in [0.1, 0.15) is 0 Å². The Kier molecular flexibility index (Phi) is 2.94. The number of carboxylic acid groups (broad SMARTS) is 1. The fraction of sp³-hybridized carbons (Fsp3) is 0.143. The molecule has 0 aliphatic rings. The molecule has 20 heavy (non-hydrogen) atoms. The van der Waals surface area contributed by atoms with Crippen LogP contribution in [-0.4, -0.2) is 20.6 Å². The first-order valence-electron chi connectivity index (χ1n) is 6.06. The second-order valence-corrected chi connectivity index (χ2v) is 5.94. The van der Waals surface area contributed by atoms with Crippen molar-refractivity contribution in [3.8, 4) is 0 Å². The Morgan fingerprint density at radius 2 is 2.15 bits per heavy atom. The van der Waals surface area contributed by atoms with E-state index in [1.54, 1.807) is 22.0 Å². The molecule has 0 amide bonds. The summed E-state index contributed by atoms with van der Waals surface area (Å²) in [5.41, 5.74) is 1.20. The molecular weight excluding hydrogens is 276 g/mol. The molecule has 3 aromatic rings. The maximum Gasteiger partial charge on any atom is 0.335 e. The molecule has 2 N–H and O–H groups in total. The first-order valence-corrected chi connectivity index (χ1v) is 6.87. The lowest BCUT2D eigenvalue weighted by molar-refractivity contribution is 0.0697. The van der Waals surface area contributed by atoms with Crippen LogP contribution in [0.4, 0.5) is 0 Å². The van der Waals surface area contributed by atoms with Gasteiger partial charge in [-0.1, -0.05) is 0 Å². The highest BCUT2D eigenvalue weighted by atomic mass is 32.1. The zero-order valence-electron chi connectivity index (χ0n) is 10.7. The zero-order chi connectivity index (χ0) is 14.3. The van der Waals surface area contributed by atoms with Crippen molar-refractivity contribution in [1.82, 2.24) is 9.55 Å². The predicted octanol–water partition coefficient (Wildman–Crippen LogP) is 2.45. The number of carbonyl (C=O) groups is 1. The summed E-state index contributed by atoms with van der Waals surface area (Å²) in [5, 5.41) is 9.04. The van der Waals surface area contributed by atoms with Gasteiger partial charge in [-0.2, -0.15) is 0 Å². The van der Waals surface area contributed by atoms with Crippen molar-refractivity contribution in [2.45, 2.75) is 13.5 Å². The van der Waals surface area contributed by atoms with Crippen LogP contribution >= 0.6 is 11.3 Å². The Morgan fingerprint density at radius 1 is 1.35 bits per heavy atom. The van der Waals surface area contributed by atoms with Gasteiger partial charge in [-0.25, -0.2) is 9.59 Å². The number of fused-ring (bicyclic) bond motifs is 1. The van der Waals surface area contributed by atoms with Gasteiger partial charge in [0, 0.05) is 9.75 Å². The van der Waals surface area contributed by atoms with E-state index >= 15 is 0 Å². The number of thiophene rings is 1. The van der Waals surface area contributed by atoms with Crippen molar-refractivity contribution >= 4 is 28.3 Å². The molecule has 1 aromatic carbocycles. The van der Waals surface area contributed by atoms with Crippen LogP contribution < -0.4 is 5.69 Å². The summed E-state index contributed by atoms with van der Waals surface area (Å²) in [6.45, 7) is 2.45. The van der Waals surface area contributed by atoms with E-state index in [-0.39, 0.29) is 11.3 Å². The van der Waals surface area contributed by atoms with E-state index in [0.717, 1.165) is 4.88 Å². The van der Waals surface area contributed by atoms with Gasteiger partial charge < -0.3 is 10.1 Å². The first-order chi connectivity index (χ1) is 9.54. The lowest BCUT2D eigenvalue weighted by Gasteiger charge is -2.02. The van der Waals surface area contributed by atoms with Crippen LogP contribution in [0.15, 0.2) is 35.1 Å². The Hall–Kier alpha value is -2.34. The van der Waals surface area contributed by atoms with E-state index in [2.05, 4.69) is 4.98 Å². The summed E-state index contributed by atoms with van der Waals surface area (Å²) in [4.78, 5) is 28.0. The van der Waals surface area contributed by atoms with Gasteiger partial charge in [0.2, 0.25) is 0 Å². The smallest absolute Gasteiger partial charge is 0.335 e. The maximum absolute atomic E-state index is 12.0. The molecule has 0 spiro atoms. The number of imidazole rings is 1. The molecule has 3 rings (SSSR count). The van der Waals surface area contributed by atoms with Gasteiger partial charge in [-0.15, -0.1) is 11.3 Å². The molecule has 0 aliphatic carbocycles. The minimum Gasteiger partial charge on any atom is -0.478 e. The average molecular weight is 288 g/mol. The number of aromatic amines is 1. The molecule has 102 valence electrons. The number of rotatable bonds is 3. The molecule has 0 fully saturated rings.